The number of carbonyl (C=O) groups is 1. The molecule has 2 aromatic rings. The number of primary sulfonamides is 1. The first-order chi connectivity index (χ1) is 10.9. The zero-order chi connectivity index (χ0) is 16.9. The van der Waals surface area contributed by atoms with Gasteiger partial charge in [-0.1, -0.05) is 18.2 Å². The molecule has 7 heteroatoms. The van der Waals surface area contributed by atoms with Crippen LogP contribution in [-0.4, -0.2) is 19.3 Å². The Morgan fingerprint density at radius 2 is 1.96 bits per heavy atom. The third kappa shape index (κ3) is 5.15. The number of carbonyl (C=O) groups excluding carboxylic acids is 1. The van der Waals surface area contributed by atoms with Gasteiger partial charge in [0.1, 0.15) is 0 Å². The molecule has 0 saturated heterocycles. The van der Waals surface area contributed by atoms with Crippen LogP contribution < -0.4 is 10.5 Å². The maximum absolute atomic E-state index is 12.0. The summed E-state index contributed by atoms with van der Waals surface area (Å²) in [5.74, 6) is -0.0723. The van der Waals surface area contributed by atoms with Crippen molar-refractivity contribution in [2.24, 2.45) is 5.14 Å². The molecule has 0 aliphatic heterocycles. The van der Waals surface area contributed by atoms with Crippen molar-refractivity contribution in [1.29, 1.82) is 0 Å². The van der Waals surface area contributed by atoms with Gasteiger partial charge in [-0.05, 0) is 42.7 Å². The second-order valence-electron chi connectivity index (χ2n) is 5.26. The average molecular weight is 333 g/mol. The van der Waals surface area contributed by atoms with E-state index in [-0.39, 0.29) is 16.8 Å². The summed E-state index contributed by atoms with van der Waals surface area (Å²) in [6, 6.07) is 9.84. The Kier molecular flexibility index (Phi) is 5.46. The van der Waals surface area contributed by atoms with Crippen LogP contribution >= 0.6 is 0 Å². The molecular weight excluding hydrogens is 314 g/mol. The lowest BCUT2D eigenvalue weighted by atomic mass is 10.1. The van der Waals surface area contributed by atoms with Gasteiger partial charge >= 0.3 is 0 Å². The van der Waals surface area contributed by atoms with Gasteiger partial charge in [0.05, 0.1) is 10.9 Å². The van der Waals surface area contributed by atoms with Gasteiger partial charge in [0, 0.05) is 18.8 Å². The van der Waals surface area contributed by atoms with Gasteiger partial charge < -0.3 is 5.32 Å². The summed E-state index contributed by atoms with van der Waals surface area (Å²) < 4.78 is 22.3. The van der Waals surface area contributed by atoms with Crippen molar-refractivity contribution in [3.05, 3.63) is 59.9 Å². The highest BCUT2D eigenvalue weighted by molar-refractivity contribution is 7.89. The van der Waals surface area contributed by atoms with Gasteiger partial charge in [0.25, 0.3) is 0 Å². The minimum absolute atomic E-state index is 0.0656. The first-order valence-electron chi connectivity index (χ1n) is 7.17. The van der Waals surface area contributed by atoms with E-state index in [1.807, 2.05) is 19.1 Å². The van der Waals surface area contributed by atoms with E-state index in [4.69, 9.17) is 5.14 Å². The molecule has 1 aromatic heterocycles. The quantitative estimate of drug-likeness (QED) is 0.837. The van der Waals surface area contributed by atoms with E-state index in [1.165, 1.54) is 12.1 Å². The molecule has 0 fully saturated rings. The molecule has 23 heavy (non-hydrogen) atoms. The lowest BCUT2D eigenvalue weighted by Crippen LogP contribution is -2.26. The molecule has 3 N–H and O–H groups in total. The van der Waals surface area contributed by atoms with Gasteiger partial charge in [0.15, 0.2) is 0 Å². The summed E-state index contributed by atoms with van der Waals surface area (Å²) in [5.41, 5.74) is 1.82. The lowest BCUT2D eigenvalue weighted by molar-refractivity contribution is -0.121. The topological polar surface area (TPSA) is 102 Å². The minimum Gasteiger partial charge on any atom is -0.350 e. The predicted molar refractivity (Wildman–Crippen MR) is 86.9 cm³/mol. The van der Waals surface area contributed by atoms with Gasteiger partial charge in [-0.15, -0.1) is 0 Å². The van der Waals surface area contributed by atoms with Crippen molar-refractivity contribution >= 4 is 15.9 Å². The van der Waals surface area contributed by atoms with Crippen LogP contribution in [0.25, 0.3) is 0 Å². The Labute approximate surface area is 135 Å². The molecule has 1 heterocycles. The molecule has 0 saturated carbocycles. The normalized spacial score (nSPS) is 12.6. The lowest BCUT2D eigenvalue weighted by Gasteiger charge is -2.13. The van der Waals surface area contributed by atoms with Crippen LogP contribution in [0.1, 0.15) is 30.5 Å². The van der Waals surface area contributed by atoms with E-state index < -0.39 is 10.0 Å². The van der Waals surface area contributed by atoms with Crippen LogP contribution in [0.4, 0.5) is 0 Å². The predicted octanol–water partition coefficient (Wildman–Crippen LogP) is 1.54. The van der Waals surface area contributed by atoms with E-state index in [0.717, 1.165) is 11.1 Å². The minimum atomic E-state index is -3.68. The van der Waals surface area contributed by atoms with Crippen molar-refractivity contribution in [3.63, 3.8) is 0 Å². The molecular formula is C16H19N3O3S. The Bertz CT molecular complexity index is 759. The van der Waals surface area contributed by atoms with Gasteiger partial charge in [-0.2, -0.15) is 0 Å². The highest BCUT2D eigenvalue weighted by atomic mass is 32.2. The molecule has 0 spiro atoms. The van der Waals surface area contributed by atoms with Crippen LogP contribution in [0.2, 0.25) is 0 Å². The van der Waals surface area contributed by atoms with Crippen molar-refractivity contribution in [2.45, 2.75) is 30.7 Å². The SMILES string of the molecule is C[C@H](NC(=O)CCc1ccc(S(N)(=O)=O)cc1)c1cccnc1. The van der Waals surface area contributed by atoms with Gasteiger partial charge in [-0.3, -0.25) is 9.78 Å². The zero-order valence-corrected chi connectivity index (χ0v) is 13.6. The fourth-order valence-electron chi connectivity index (χ4n) is 2.13. The highest BCUT2D eigenvalue weighted by Gasteiger charge is 2.10. The number of hydrogen-bond donors (Lipinski definition) is 2. The summed E-state index contributed by atoms with van der Waals surface area (Å²) in [7, 11) is -3.68. The molecule has 0 aliphatic carbocycles. The number of aromatic nitrogens is 1. The van der Waals surface area contributed by atoms with Gasteiger partial charge in [-0.25, -0.2) is 13.6 Å². The molecule has 0 aliphatic rings. The van der Waals surface area contributed by atoms with E-state index >= 15 is 0 Å². The van der Waals surface area contributed by atoms with Crippen molar-refractivity contribution in [1.82, 2.24) is 10.3 Å². The molecule has 6 nitrogen and oxygen atoms in total. The van der Waals surface area contributed by atoms with Crippen LogP contribution in [0.15, 0.2) is 53.7 Å². The molecule has 0 radical (unpaired) electrons. The fraction of sp³-hybridized carbons (Fsp3) is 0.250. The number of benzene rings is 1. The molecule has 1 amide bonds. The maximum Gasteiger partial charge on any atom is 0.238 e. The number of hydrogen-bond acceptors (Lipinski definition) is 4. The molecule has 2 rings (SSSR count). The summed E-state index contributed by atoms with van der Waals surface area (Å²) in [4.78, 5) is 16.1. The van der Waals surface area contributed by atoms with Crippen molar-refractivity contribution in [2.75, 3.05) is 0 Å². The third-order valence-corrected chi connectivity index (χ3v) is 4.38. The Morgan fingerprint density at radius 1 is 1.26 bits per heavy atom. The second-order valence-corrected chi connectivity index (χ2v) is 6.83. The summed E-state index contributed by atoms with van der Waals surface area (Å²) in [5, 5.41) is 7.95. The van der Waals surface area contributed by atoms with Crippen LogP contribution in [0.5, 0.6) is 0 Å². The molecule has 0 unspecified atom stereocenters. The number of sulfonamides is 1. The van der Waals surface area contributed by atoms with E-state index in [0.29, 0.717) is 12.8 Å². The zero-order valence-electron chi connectivity index (χ0n) is 12.8. The second kappa shape index (κ2) is 7.34. The van der Waals surface area contributed by atoms with E-state index in [2.05, 4.69) is 10.3 Å². The Balaban J connectivity index is 1.87. The molecule has 1 atom stereocenters. The van der Waals surface area contributed by atoms with Crippen LogP contribution in [0, 0.1) is 0 Å². The Hall–Kier alpha value is -2.25. The van der Waals surface area contributed by atoms with Crippen molar-refractivity contribution in [3.8, 4) is 0 Å². The molecule has 0 bridgehead atoms. The standard InChI is InChI=1S/C16H19N3O3S/c1-12(14-3-2-10-18-11-14)19-16(20)9-6-13-4-7-15(8-5-13)23(17,21)22/h2-5,7-8,10-12H,6,9H2,1H3,(H,19,20)(H2,17,21,22)/t12-/m0/s1. The summed E-state index contributed by atoms with van der Waals surface area (Å²) >= 11 is 0. The van der Waals surface area contributed by atoms with Gasteiger partial charge in [0.2, 0.25) is 15.9 Å². The molecule has 1 aromatic carbocycles. The largest absolute Gasteiger partial charge is 0.350 e. The van der Waals surface area contributed by atoms with E-state index in [1.54, 1.807) is 24.5 Å². The first kappa shape index (κ1) is 17.1. The Morgan fingerprint density at radius 3 is 2.52 bits per heavy atom. The number of nitrogens with two attached hydrogens (primary N) is 1. The monoisotopic (exact) mass is 333 g/mol. The average Bonchev–Trinajstić information content (AvgIpc) is 2.53. The number of nitrogens with one attached hydrogen (secondary N) is 1. The van der Waals surface area contributed by atoms with Crippen LogP contribution in [-0.2, 0) is 21.2 Å². The van der Waals surface area contributed by atoms with Crippen molar-refractivity contribution < 1.29 is 13.2 Å². The number of aryl methyl sites for hydroxylation is 1. The van der Waals surface area contributed by atoms with E-state index in [9.17, 15) is 13.2 Å². The number of nitrogens with zero attached hydrogens (tertiary/aromatic N) is 1. The smallest absolute Gasteiger partial charge is 0.238 e. The van der Waals surface area contributed by atoms with Crippen LogP contribution in [0.3, 0.4) is 0 Å². The maximum atomic E-state index is 12.0. The first-order valence-corrected chi connectivity index (χ1v) is 8.72. The summed E-state index contributed by atoms with van der Waals surface area (Å²) in [6.07, 6.45) is 4.25. The summed E-state index contributed by atoms with van der Waals surface area (Å²) in [6.45, 7) is 1.90. The number of pyridine rings is 1. The number of rotatable bonds is 6. The third-order valence-electron chi connectivity index (χ3n) is 3.45. The highest BCUT2D eigenvalue weighted by Crippen LogP contribution is 2.12. The molecule has 122 valence electrons. The fourth-order valence-corrected chi connectivity index (χ4v) is 2.65. The number of amides is 1.